The van der Waals surface area contributed by atoms with Gasteiger partial charge in [-0.05, 0) is 30.7 Å². The summed E-state index contributed by atoms with van der Waals surface area (Å²) >= 11 is 0. The van der Waals surface area contributed by atoms with Gasteiger partial charge in [-0.15, -0.1) is 0 Å². The molecule has 0 radical (unpaired) electrons. The lowest BCUT2D eigenvalue weighted by Gasteiger charge is -2.18. The number of oxime groups is 1. The van der Waals surface area contributed by atoms with E-state index in [-0.39, 0.29) is 17.1 Å². The fourth-order valence-corrected chi connectivity index (χ4v) is 3.65. The first-order valence-electron chi connectivity index (χ1n) is 8.96. The van der Waals surface area contributed by atoms with E-state index in [2.05, 4.69) is 5.16 Å². The zero-order valence-corrected chi connectivity index (χ0v) is 16.3. The normalized spacial score (nSPS) is 20.0. The molecular weight excluding hydrogens is 394 g/mol. The number of non-ortho nitro benzene ring substituents is 1. The highest BCUT2D eigenvalue weighted by atomic mass is 16.7. The summed E-state index contributed by atoms with van der Waals surface area (Å²) < 4.78 is 10.6. The number of carbonyl (C=O) groups is 2. The Kier molecular flexibility index (Phi) is 4.61. The molecule has 30 heavy (non-hydrogen) atoms. The molecule has 2 atom stereocenters. The highest BCUT2D eigenvalue weighted by Gasteiger charge is 2.56. The number of nitro groups is 1. The number of rotatable bonds is 5. The maximum absolute atomic E-state index is 13.2. The summed E-state index contributed by atoms with van der Waals surface area (Å²) in [5, 5.41) is 15.0. The molecule has 0 saturated carbocycles. The van der Waals surface area contributed by atoms with Crippen LogP contribution in [0.5, 0.6) is 11.5 Å². The van der Waals surface area contributed by atoms with Crippen LogP contribution in [0, 0.1) is 23.0 Å². The Labute approximate surface area is 170 Å². The topological polar surface area (TPSA) is 121 Å². The molecule has 10 heteroatoms. The van der Waals surface area contributed by atoms with E-state index in [0.717, 1.165) is 4.90 Å². The SMILES string of the molecule is COc1ccc(C2=NO[C@H]3C(=O)N(c4ccc([N+](=O)[O-])cc4C)C(=O)[C@@H]23)c(OC)c1. The van der Waals surface area contributed by atoms with Crippen molar-refractivity contribution in [2.75, 3.05) is 19.1 Å². The van der Waals surface area contributed by atoms with Crippen LogP contribution in [-0.2, 0) is 14.4 Å². The third kappa shape index (κ3) is 2.84. The van der Waals surface area contributed by atoms with Crippen LogP contribution in [0.1, 0.15) is 11.1 Å². The average molecular weight is 411 g/mol. The van der Waals surface area contributed by atoms with Gasteiger partial charge in [0.25, 0.3) is 11.6 Å². The van der Waals surface area contributed by atoms with Crippen molar-refractivity contribution in [1.29, 1.82) is 0 Å². The first kappa shape index (κ1) is 19.4. The van der Waals surface area contributed by atoms with E-state index in [0.29, 0.717) is 22.6 Å². The number of aryl methyl sites for hydroxylation is 1. The largest absolute Gasteiger partial charge is 0.497 e. The predicted molar refractivity (Wildman–Crippen MR) is 105 cm³/mol. The highest BCUT2D eigenvalue weighted by Crippen LogP contribution is 2.39. The Bertz CT molecular complexity index is 1110. The number of nitro benzene ring substituents is 1. The van der Waals surface area contributed by atoms with Gasteiger partial charge in [-0.25, -0.2) is 4.90 Å². The molecule has 2 aliphatic heterocycles. The zero-order chi connectivity index (χ0) is 21.6. The molecule has 2 amide bonds. The number of hydrogen-bond acceptors (Lipinski definition) is 8. The number of amides is 2. The van der Waals surface area contributed by atoms with Gasteiger partial charge in [0.1, 0.15) is 23.1 Å². The molecule has 0 spiro atoms. The molecule has 2 aliphatic rings. The molecule has 0 unspecified atom stereocenters. The summed E-state index contributed by atoms with van der Waals surface area (Å²) in [5.74, 6) is -1.06. The minimum absolute atomic E-state index is 0.128. The van der Waals surface area contributed by atoms with E-state index in [4.69, 9.17) is 14.3 Å². The van der Waals surface area contributed by atoms with Gasteiger partial charge in [0.15, 0.2) is 0 Å². The lowest BCUT2D eigenvalue weighted by atomic mass is 9.93. The van der Waals surface area contributed by atoms with Crippen molar-refractivity contribution in [2.24, 2.45) is 11.1 Å². The Morgan fingerprint density at radius 1 is 1.10 bits per heavy atom. The second kappa shape index (κ2) is 7.14. The van der Waals surface area contributed by atoms with Crippen LogP contribution in [-0.4, -0.2) is 42.8 Å². The minimum Gasteiger partial charge on any atom is -0.497 e. The van der Waals surface area contributed by atoms with Gasteiger partial charge in [-0.3, -0.25) is 19.7 Å². The zero-order valence-electron chi connectivity index (χ0n) is 16.3. The van der Waals surface area contributed by atoms with Crippen molar-refractivity contribution in [3.8, 4) is 11.5 Å². The lowest BCUT2D eigenvalue weighted by molar-refractivity contribution is -0.384. The second-order valence-electron chi connectivity index (χ2n) is 6.79. The lowest BCUT2D eigenvalue weighted by Crippen LogP contribution is -2.33. The van der Waals surface area contributed by atoms with E-state index < -0.39 is 28.8 Å². The standard InChI is InChI=1S/C20H17N3O7/c1-10-8-11(23(26)27)4-7-14(10)22-19(24)16-17(21-30-18(16)20(22)25)13-6-5-12(28-2)9-15(13)29-3/h4-9,16,18H,1-3H3/t16-,18+/m0/s1. The fourth-order valence-electron chi connectivity index (χ4n) is 3.65. The molecule has 2 aromatic rings. The van der Waals surface area contributed by atoms with Gasteiger partial charge in [0.2, 0.25) is 12.0 Å². The number of hydrogen-bond donors (Lipinski definition) is 0. The van der Waals surface area contributed by atoms with Gasteiger partial charge in [-0.2, -0.15) is 0 Å². The van der Waals surface area contributed by atoms with Crippen LogP contribution >= 0.6 is 0 Å². The summed E-state index contributed by atoms with van der Waals surface area (Å²) in [6, 6.07) is 8.96. The smallest absolute Gasteiger partial charge is 0.278 e. The highest BCUT2D eigenvalue weighted by molar-refractivity contribution is 6.33. The van der Waals surface area contributed by atoms with Gasteiger partial charge in [0, 0.05) is 23.8 Å². The molecule has 0 N–H and O–H groups in total. The summed E-state index contributed by atoms with van der Waals surface area (Å²) in [6.45, 7) is 1.60. The Hall–Kier alpha value is -3.95. The van der Waals surface area contributed by atoms with E-state index in [1.54, 1.807) is 25.1 Å². The number of imide groups is 1. The molecule has 1 saturated heterocycles. The number of benzene rings is 2. The number of nitrogens with zero attached hydrogens (tertiary/aromatic N) is 3. The Balaban J connectivity index is 1.71. The van der Waals surface area contributed by atoms with Gasteiger partial charge < -0.3 is 14.3 Å². The van der Waals surface area contributed by atoms with E-state index in [9.17, 15) is 19.7 Å². The Morgan fingerprint density at radius 2 is 1.87 bits per heavy atom. The molecule has 0 bridgehead atoms. The molecule has 4 rings (SSSR count). The van der Waals surface area contributed by atoms with Crippen molar-refractivity contribution < 1.29 is 28.8 Å². The second-order valence-corrected chi connectivity index (χ2v) is 6.79. The van der Waals surface area contributed by atoms with E-state index >= 15 is 0 Å². The van der Waals surface area contributed by atoms with Gasteiger partial charge in [-0.1, -0.05) is 5.16 Å². The number of fused-ring (bicyclic) bond motifs is 1. The molecule has 1 fully saturated rings. The van der Waals surface area contributed by atoms with Gasteiger partial charge >= 0.3 is 0 Å². The van der Waals surface area contributed by atoms with Crippen LogP contribution < -0.4 is 14.4 Å². The summed E-state index contributed by atoms with van der Waals surface area (Å²) in [5.41, 5.74) is 1.35. The van der Waals surface area contributed by atoms with Crippen LogP contribution in [0.25, 0.3) is 0 Å². The van der Waals surface area contributed by atoms with Crippen molar-refractivity contribution in [1.82, 2.24) is 0 Å². The molecular formula is C20H17N3O7. The molecule has 2 heterocycles. The monoisotopic (exact) mass is 411 g/mol. The molecule has 10 nitrogen and oxygen atoms in total. The summed E-state index contributed by atoms with van der Waals surface area (Å²) in [6.07, 6.45) is -1.10. The molecule has 0 aromatic heterocycles. The van der Waals surface area contributed by atoms with E-state index in [1.165, 1.54) is 32.4 Å². The number of anilines is 1. The maximum Gasteiger partial charge on any atom is 0.278 e. The van der Waals surface area contributed by atoms with Crippen molar-refractivity contribution >= 4 is 28.9 Å². The predicted octanol–water partition coefficient (Wildman–Crippen LogP) is 2.21. The summed E-state index contributed by atoms with van der Waals surface area (Å²) in [4.78, 5) is 42.9. The van der Waals surface area contributed by atoms with Crippen molar-refractivity contribution in [3.63, 3.8) is 0 Å². The fraction of sp³-hybridized carbons (Fsp3) is 0.250. The minimum atomic E-state index is -1.10. The van der Waals surface area contributed by atoms with Crippen LogP contribution in [0.4, 0.5) is 11.4 Å². The molecule has 2 aromatic carbocycles. The maximum atomic E-state index is 13.2. The van der Waals surface area contributed by atoms with Crippen LogP contribution in [0.2, 0.25) is 0 Å². The average Bonchev–Trinajstić information content (AvgIpc) is 3.28. The third-order valence-corrected chi connectivity index (χ3v) is 5.13. The van der Waals surface area contributed by atoms with E-state index in [1.807, 2.05) is 0 Å². The van der Waals surface area contributed by atoms with Crippen molar-refractivity contribution in [2.45, 2.75) is 13.0 Å². The first-order chi connectivity index (χ1) is 14.4. The first-order valence-corrected chi connectivity index (χ1v) is 8.96. The number of methoxy groups -OCH3 is 2. The van der Waals surface area contributed by atoms with Gasteiger partial charge in [0.05, 0.1) is 24.8 Å². The van der Waals surface area contributed by atoms with Crippen LogP contribution in [0.3, 0.4) is 0 Å². The quantitative estimate of drug-likeness (QED) is 0.420. The Morgan fingerprint density at radius 3 is 2.50 bits per heavy atom. The third-order valence-electron chi connectivity index (χ3n) is 5.13. The number of carbonyl (C=O) groups excluding carboxylic acids is 2. The number of ether oxygens (including phenoxy) is 2. The molecule has 0 aliphatic carbocycles. The summed E-state index contributed by atoms with van der Waals surface area (Å²) in [7, 11) is 2.99. The molecule has 154 valence electrons. The van der Waals surface area contributed by atoms with Crippen LogP contribution in [0.15, 0.2) is 41.6 Å². The van der Waals surface area contributed by atoms with Crippen molar-refractivity contribution in [3.05, 3.63) is 57.6 Å².